The lowest BCUT2D eigenvalue weighted by Gasteiger charge is -2.17. The van der Waals surface area contributed by atoms with Crippen molar-refractivity contribution >= 4 is 39.1 Å². The zero-order valence-electron chi connectivity index (χ0n) is 15.3. The van der Waals surface area contributed by atoms with Crippen molar-refractivity contribution in [2.75, 3.05) is 28.1 Å². The van der Waals surface area contributed by atoms with Crippen molar-refractivity contribution in [2.45, 2.75) is 6.42 Å². The van der Waals surface area contributed by atoms with Gasteiger partial charge < -0.3 is 10.2 Å². The molecule has 1 aliphatic heterocycles. The molecule has 3 rings (SSSR count). The van der Waals surface area contributed by atoms with Crippen LogP contribution < -0.4 is 19.7 Å². The number of carbonyl (C=O) groups is 2. The van der Waals surface area contributed by atoms with Gasteiger partial charge in [0.25, 0.3) is 16.1 Å². The summed E-state index contributed by atoms with van der Waals surface area (Å²) in [4.78, 5) is 25.5. The molecule has 0 atom stereocenters. The number of amides is 2. The van der Waals surface area contributed by atoms with Crippen molar-refractivity contribution in [1.29, 1.82) is 0 Å². The Morgan fingerprint density at radius 3 is 2.50 bits per heavy atom. The van der Waals surface area contributed by atoms with Crippen LogP contribution in [0.3, 0.4) is 0 Å². The molecule has 0 bridgehead atoms. The molecule has 9 heteroatoms. The predicted molar refractivity (Wildman–Crippen MR) is 109 cm³/mol. The smallest absolute Gasteiger partial charge is 0.299 e. The van der Waals surface area contributed by atoms with Crippen LogP contribution in [-0.2, 0) is 21.4 Å². The average molecular weight is 400 g/mol. The predicted octanol–water partition coefficient (Wildman–Crippen LogP) is 1.65. The summed E-state index contributed by atoms with van der Waals surface area (Å²) in [5, 5.41) is 7.99. The second kappa shape index (κ2) is 7.45. The standard InChI is InChI=1S/C19H20N4O4S/c1-3-18(24)22(2)16-8-5-14(6-9-16)19(25)21-15-7-4-13-10-11-23(17(13)12-15)28(20,26)27/h3-9,12H,1,10-11H2,2H3,(H,21,25)(H2,20,26,27). The first-order valence-electron chi connectivity index (χ1n) is 8.45. The summed E-state index contributed by atoms with van der Waals surface area (Å²) in [5.74, 6) is -0.612. The first-order chi connectivity index (χ1) is 13.2. The van der Waals surface area contributed by atoms with E-state index in [0.717, 1.165) is 9.87 Å². The van der Waals surface area contributed by atoms with E-state index < -0.39 is 10.2 Å². The van der Waals surface area contributed by atoms with E-state index in [2.05, 4.69) is 11.9 Å². The molecule has 0 saturated carbocycles. The fraction of sp³-hybridized carbons (Fsp3) is 0.158. The van der Waals surface area contributed by atoms with Gasteiger partial charge in [0.05, 0.1) is 5.69 Å². The van der Waals surface area contributed by atoms with E-state index in [-0.39, 0.29) is 18.4 Å². The maximum Gasteiger partial charge on any atom is 0.299 e. The minimum atomic E-state index is -3.85. The lowest BCUT2D eigenvalue weighted by molar-refractivity contribution is -0.113. The summed E-state index contributed by atoms with van der Waals surface area (Å²) >= 11 is 0. The van der Waals surface area contributed by atoms with Crippen LogP contribution in [0.1, 0.15) is 15.9 Å². The number of fused-ring (bicyclic) bond motifs is 1. The molecular formula is C19H20N4O4S. The molecule has 146 valence electrons. The number of benzene rings is 2. The second-order valence-electron chi connectivity index (χ2n) is 6.31. The molecule has 0 saturated heterocycles. The summed E-state index contributed by atoms with van der Waals surface area (Å²) in [7, 11) is -2.24. The van der Waals surface area contributed by atoms with Crippen LogP contribution in [0.15, 0.2) is 55.1 Å². The molecule has 0 spiro atoms. The number of likely N-dealkylation sites (N-methyl/N-ethyl adjacent to an activating group) is 1. The van der Waals surface area contributed by atoms with Crippen molar-refractivity contribution in [1.82, 2.24) is 0 Å². The van der Waals surface area contributed by atoms with Gasteiger partial charge in [0, 0.05) is 30.5 Å². The number of nitrogens with one attached hydrogen (secondary N) is 1. The Balaban J connectivity index is 1.77. The monoisotopic (exact) mass is 400 g/mol. The molecule has 0 aromatic heterocycles. The van der Waals surface area contributed by atoms with E-state index >= 15 is 0 Å². The van der Waals surface area contributed by atoms with Crippen molar-refractivity contribution in [2.24, 2.45) is 5.14 Å². The van der Waals surface area contributed by atoms with Gasteiger partial charge in [0.2, 0.25) is 5.91 Å². The van der Waals surface area contributed by atoms with Gasteiger partial charge in [-0.1, -0.05) is 12.6 Å². The third-order valence-corrected chi connectivity index (χ3v) is 5.52. The molecule has 1 aliphatic rings. The summed E-state index contributed by atoms with van der Waals surface area (Å²) in [6.45, 7) is 3.72. The Hall–Kier alpha value is -3.17. The largest absolute Gasteiger partial charge is 0.322 e. The molecule has 0 radical (unpaired) electrons. The zero-order chi connectivity index (χ0) is 20.5. The molecule has 2 aromatic carbocycles. The van der Waals surface area contributed by atoms with Crippen molar-refractivity contribution in [3.05, 3.63) is 66.2 Å². The molecule has 2 amide bonds. The van der Waals surface area contributed by atoms with E-state index in [1.165, 1.54) is 11.0 Å². The molecule has 28 heavy (non-hydrogen) atoms. The highest BCUT2D eigenvalue weighted by Gasteiger charge is 2.27. The van der Waals surface area contributed by atoms with Gasteiger partial charge in [-0.3, -0.25) is 13.9 Å². The lowest BCUT2D eigenvalue weighted by Crippen LogP contribution is -2.35. The van der Waals surface area contributed by atoms with Crippen LogP contribution in [0.25, 0.3) is 0 Å². The Kier molecular flexibility index (Phi) is 5.21. The van der Waals surface area contributed by atoms with E-state index in [1.54, 1.807) is 49.5 Å². The number of hydrogen-bond acceptors (Lipinski definition) is 4. The second-order valence-corrected chi connectivity index (χ2v) is 7.78. The Morgan fingerprint density at radius 1 is 1.21 bits per heavy atom. The van der Waals surface area contributed by atoms with Crippen molar-refractivity contribution in [3.8, 4) is 0 Å². The molecule has 2 aromatic rings. The van der Waals surface area contributed by atoms with Crippen LogP contribution in [0, 0.1) is 0 Å². The Labute approximate surface area is 163 Å². The summed E-state index contributed by atoms with van der Waals surface area (Å²) in [5.41, 5.74) is 2.81. The summed E-state index contributed by atoms with van der Waals surface area (Å²) < 4.78 is 24.5. The number of anilines is 3. The number of nitrogens with two attached hydrogens (primary N) is 1. The molecule has 0 unspecified atom stereocenters. The third-order valence-electron chi connectivity index (χ3n) is 4.53. The lowest BCUT2D eigenvalue weighted by atomic mass is 10.1. The van der Waals surface area contributed by atoms with Crippen molar-refractivity contribution in [3.63, 3.8) is 0 Å². The molecule has 0 fully saturated rings. The molecule has 3 N–H and O–H groups in total. The Morgan fingerprint density at radius 2 is 1.89 bits per heavy atom. The van der Waals surface area contributed by atoms with Crippen LogP contribution in [-0.4, -0.2) is 33.8 Å². The number of carbonyl (C=O) groups excluding carboxylic acids is 2. The van der Waals surface area contributed by atoms with Crippen LogP contribution in [0.2, 0.25) is 0 Å². The molecule has 0 aliphatic carbocycles. The van der Waals surface area contributed by atoms with Gasteiger partial charge in [-0.15, -0.1) is 0 Å². The van der Waals surface area contributed by atoms with Crippen LogP contribution in [0.5, 0.6) is 0 Å². The maximum absolute atomic E-state index is 12.5. The minimum absolute atomic E-state index is 0.255. The maximum atomic E-state index is 12.5. The number of nitrogens with zero attached hydrogens (tertiary/aromatic N) is 2. The highest BCUT2D eigenvalue weighted by molar-refractivity contribution is 7.90. The third kappa shape index (κ3) is 3.90. The molecule has 1 heterocycles. The van der Waals surface area contributed by atoms with Crippen LogP contribution in [0.4, 0.5) is 17.1 Å². The highest BCUT2D eigenvalue weighted by atomic mass is 32.2. The molecular weight excluding hydrogens is 380 g/mol. The van der Waals surface area contributed by atoms with Gasteiger partial charge in [-0.2, -0.15) is 8.42 Å². The number of hydrogen-bond donors (Lipinski definition) is 2. The van der Waals surface area contributed by atoms with Crippen LogP contribution >= 0.6 is 0 Å². The normalized spacial score (nSPS) is 13.0. The van der Waals surface area contributed by atoms with E-state index in [1.807, 2.05) is 0 Å². The SMILES string of the molecule is C=CC(=O)N(C)c1ccc(C(=O)Nc2ccc3c(c2)N(S(N)(=O)=O)CC3)cc1. The summed E-state index contributed by atoms with van der Waals surface area (Å²) in [6.07, 6.45) is 1.78. The van der Waals surface area contributed by atoms with Crippen molar-refractivity contribution < 1.29 is 18.0 Å². The summed E-state index contributed by atoms with van der Waals surface area (Å²) in [6, 6.07) is 11.6. The van der Waals surface area contributed by atoms with Gasteiger partial charge in [-0.05, 0) is 54.5 Å². The Bertz CT molecular complexity index is 1050. The zero-order valence-corrected chi connectivity index (χ0v) is 16.1. The topological polar surface area (TPSA) is 113 Å². The van der Waals surface area contributed by atoms with Gasteiger partial charge in [0.15, 0.2) is 0 Å². The number of rotatable bonds is 5. The molecule has 8 nitrogen and oxygen atoms in total. The van der Waals surface area contributed by atoms with E-state index in [4.69, 9.17) is 5.14 Å². The quantitative estimate of drug-likeness (QED) is 0.743. The minimum Gasteiger partial charge on any atom is -0.322 e. The van der Waals surface area contributed by atoms with Gasteiger partial charge >= 0.3 is 0 Å². The fourth-order valence-corrected chi connectivity index (χ4v) is 3.79. The van der Waals surface area contributed by atoms with E-state index in [0.29, 0.717) is 29.0 Å². The van der Waals surface area contributed by atoms with Gasteiger partial charge in [-0.25, -0.2) is 5.14 Å². The highest BCUT2D eigenvalue weighted by Crippen LogP contribution is 2.32. The van der Waals surface area contributed by atoms with E-state index in [9.17, 15) is 18.0 Å². The fourth-order valence-electron chi connectivity index (χ4n) is 3.00. The first-order valence-corrected chi connectivity index (χ1v) is 9.96. The van der Waals surface area contributed by atoms with Gasteiger partial charge in [0.1, 0.15) is 0 Å². The first kappa shape index (κ1) is 19.6. The average Bonchev–Trinajstić information content (AvgIpc) is 3.10.